The number of Topliss-reactive ketones (excluding diaryl/α,β-unsaturated/α-hetero) is 1. The molecule has 0 aromatic heterocycles. The topological polar surface area (TPSA) is 43.1 Å². The molecule has 23 heavy (non-hydrogen) atoms. The molecule has 120 valence electrons. The van der Waals surface area contributed by atoms with Crippen LogP contribution >= 0.6 is 15.9 Å². The Morgan fingerprint density at radius 3 is 2.13 bits per heavy atom. The van der Waals surface area contributed by atoms with Gasteiger partial charge in [0.2, 0.25) is 0 Å². The van der Waals surface area contributed by atoms with Crippen LogP contribution in [0.5, 0.6) is 0 Å². The lowest BCUT2D eigenvalue weighted by Crippen LogP contribution is -2.32. The molecular weight excluding hydrogens is 350 g/mol. The van der Waals surface area contributed by atoms with E-state index in [1.54, 1.807) is 0 Å². The van der Waals surface area contributed by atoms with Crippen molar-refractivity contribution in [2.45, 2.75) is 32.7 Å². The van der Waals surface area contributed by atoms with Crippen molar-refractivity contribution in [1.29, 1.82) is 0 Å². The third-order valence-corrected chi connectivity index (χ3v) is 4.49. The SMILES string of the molecule is C/C=C(\C)C[C@H](N)C(=O)Cc1ccc(-c2ccc(Br)cc2)cc1. The van der Waals surface area contributed by atoms with Crippen molar-refractivity contribution in [2.75, 3.05) is 0 Å². The van der Waals surface area contributed by atoms with Crippen molar-refractivity contribution in [3.8, 4) is 11.1 Å². The highest BCUT2D eigenvalue weighted by Crippen LogP contribution is 2.22. The molecule has 0 aliphatic heterocycles. The zero-order chi connectivity index (χ0) is 16.8. The van der Waals surface area contributed by atoms with Crippen LogP contribution in [0.2, 0.25) is 0 Å². The van der Waals surface area contributed by atoms with Crippen molar-refractivity contribution in [2.24, 2.45) is 5.73 Å². The van der Waals surface area contributed by atoms with E-state index in [9.17, 15) is 4.79 Å². The molecule has 0 aliphatic carbocycles. The number of benzene rings is 2. The largest absolute Gasteiger partial charge is 0.321 e. The number of rotatable bonds is 6. The standard InChI is InChI=1S/C20H22BrNO/c1-3-14(2)12-19(22)20(23)13-15-4-6-16(7-5-15)17-8-10-18(21)11-9-17/h3-11,19H,12-13,22H2,1-2H3/b14-3+/t19-/m0/s1. The Labute approximate surface area is 146 Å². The number of halogens is 1. The van der Waals surface area contributed by atoms with Gasteiger partial charge in [-0.25, -0.2) is 0 Å². The minimum atomic E-state index is -0.419. The highest BCUT2D eigenvalue weighted by Gasteiger charge is 2.14. The molecule has 0 radical (unpaired) electrons. The van der Waals surface area contributed by atoms with Gasteiger partial charge in [0.1, 0.15) is 0 Å². The molecule has 0 saturated carbocycles. The van der Waals surface area contributed by atoms with E-state index >= 15 is 0 Å². The Morgan fingerprint density at radius 1 is 1.09 bits per heavy atom. The summed E-state index contributed by atoms with van der Waals surface area (Å²) in [5.41, 5.74) is 10.4. The molecule has 2 N–H and O–H groups in total. The van der Waals surface area contributed by atoms with Gasteiger partial charge in [-0.3, -0.25) is 4.79 Å². The summed E-state index contributed by atoms with van der Waals surface area (Å²) in [6.07, 6.45) is 3.02. The van der Waals surface area contributed by atoms with Crippen molar-refractivity contribution >= 4 is 21.7 Å². The van der Waals surface area contributed by atoms with E-state index in [2.05, 4.69) is 40.2 Å². The lowest BCUT2D eigenvalue weighted by atomic mass is 9.97. The minimum absolute atomic E-state index is 0.0857. The van der Waals surface area contributed by atoms with Gasteiger partial charge in [0.15, 0.2) is 5.78 Å². The monoisotopic (exact) mass is 371 g/mol. The van der Waals surface area contributed by atoms with Crippen LogP contribution in [0.1, 0.15) is 25.8 Å². The number of nitrogens with two attached hydrogens (primary N) is 1. The number of hydrogen-bond donors (Lipinski definition) is 1. The molecule has 0 heterocycles. The Kier molecular flexibility index (Phi) is 6.31. The predicted octanol–water partition coefficient (Wildman–Crippen LogP) is 4.91. The van der Waals surface area contributed by atoms with Crippen molar-refractivity contribution in [3.63, 3.8) is 0 Å². The summed E-state index contributed by atoms with van der Waals surface area (Å²) in [6, 6.07) is 15.9. The second kappa shape index (κ2) is 8.23. The molecule has 2 nitrogen and oxygen atoms in total. The second-order valence-corrected chi connectivity index (χ2v) is 6.71. The lowest BCUT2D eigenvalue weighted by molar-refractivity contribution is -0.119. The first-order valence-electron chi connectivity index (χ1n) is 7.74. The fraction of sp³-hybridized carbons (Fsp3) is 0.250. The summed E-state index contributed by atoms with van der Waals surface area (Å²) in [5.74, 6) is 0.0857. The van der Waals surface area contributed by atoms with Crippen LogP contribution < -0.4 is 5.73 Å². The summed E-state index contributed by atoms with van der Waals surface area (Å²) < 4.78 is 1.06. The summed E-state index contributed by atoms with van der Waals surface area (Å²) in [5, 5.41) is 0. The van der Waals surface area contributed by atoms with Crippen LogP contribution in [0.4, 0.5) is 0 Å². The van der Waals surface area contributed by atoms with E-state index in [-0.39, 0.29) is 5.78 Å². The maximum Gasteiger partial charge on any atom is 0.154 e. The molecule has 0 unspecified atom stereocenters. The van der Waals surface area contributed by atoms with E-state index in [0.29, 0.717) is 12.8 Å². The molecule has 1 atom stereocenters. The van der Waals surface area contributed by atoms with E-state index in [4.69, 9.17) is 5.73 Å². The van der Waals surface area contributed by atoms with Crippen LogP contribution in [-0.4, -0.2) is 11.8 Å². The highest BCUT2D eigenvalue weighted by atomic mass is 79.9. The van der Waals surface area contributed by atoms with Gasteiger partial charge < -0.3 is 5.73 Å². The minimum Gasteiger partial charge on any atom is -0.321 e. The summed E-state index contributed by atoms with van der Waals surface area (Å²) in [7, 11) is 0. The maximum absolute atomic E-state index is 12.2. The molecule has 0 aliphatic rings. The number of carbonyl (C=O) groups is 1. The molecule has 0 spiro atoms. The van der Waals surface area contributed by atoms with Crippen molar-refractivity contribution in [3.05, 3.63) is 70.2 Å². The quantitative estimate of drug-likeness (QED) is 0.732. The first-order valence-corrected chi connectivity index (χ1v) is 8.54. The van der Waals surface area contributed by atoms with Gasteiger partial charge in [-0.05, 0) is 49.1 Å². The van der Waals surface area contributed by atoms with Crippen LogP contribution in [0.15, 0.2) is 64.7 Å². The molecular formula is C20H22BrNO. The molecule has 2 aromatic carbocycles. The Hall–Kier alpha value is -1.71. The van der Waals surface area contributed by atoms with Gasteiger partial charge in [-0.1, -0.05) is 64.0 Å². The fourth-order valence-corrected chi connectivity index (χ4v) is 2.63. The third-order valence-electron chi connectivity index (χ3n) is 3.96. The number of hydrogen-bond acceptors (Lipinski definition) is 2. The molecule has 2 rings (SSSR count). The van der Waals surface area contributed by atoms with Gasteiger partial charge in [0.25, 0.3) is 0 Å². The summed E-state index contributed by atoms with van der Waals surface area (Å²) in [6.45, 7) is 3.97. The molecule has 0 bridgehead atoms. The number of allylic oxidation sites excluding steroid dienone is 1. The Morgan fingerprint density at radius 2 is 1.61 bits per heavy atom. The zero-order valence-corrected chi connectivity index (χ0v) is 15.1. The molecule has 3 heteroatoms. The van der Waals surface area contributed by atoms with Gasteiger partial charge in [-0.2, -0.15) is 0 Å². The fourth-order valence-electron chi connectivity index (χ4n) is 2.37. The van der Waals surface area contributed by atoms with Gasteiger partial charge in [0, 0.05) is 10.9 Å². The average molecular weight is 372 g/mol. The van der Waals surface area contributed by atoms with E-state index in [1.807, 2.05) is 44.2 Å². The van der Waals surface area contributed by atoms with Crippen molar-refractivity contribution in [1.82, 2.24) is 0 Å². The molecule has 0 saturated heterocycles. The maximum atomic E-state index is 12.2. The van der Waals surface area contributed by atoms with E-state index in [0.717, 1.165) is 26.7 Å². The van der Waals surface area contributed by atoms with Gasteiger partial charge in [0.05, 0.1) is 6.04 Å². The highest BCUT2D eigenvalue weighted by molar-refractivity contribution is 9.10. The third kappa shape index (κ3) is 5.15. The Balaban J connectivity index is 2.02. The number of carbonyl (C=O) groups excluding carboxylic acids is 1. The van der Waals surface area contributed by atoms with E-state index in [1.165, 1.54) is 0 Å². The molecule has 2 aromatic rings. The lowest BCUT2D eigenvalue weighted by Gasteiger charge is -2.11. The van der Waals surface area contributed by atoms with Crippen molar-refractivity contribution < 1.29 is 4.79 Å². The average Bonchev–Trinajstić information content (AvgIpc) is 2.56. The number of ketones is 1. The van der Waals surface area contributed by atoms with Gasteiger partial charge in [-0.15, -0.1) is 0 Å². The first-order chi connectivity index (χ1) is 11.0. The first kappa shape index (κ1) is 17.6. The van der Waals surface area contributed by atoms with Crippen LogP contribution in [-0.2, 0) is 11.2 Å². The predicted molar refractivity (Wildman–Crippen MR) is 100 cm³/mol. The summed E-state index contributed by atoms with van der Waals surface area (Å²) >= 11 is 3.44. The normalized spacial score (nSPS) is 13.0. The zero-order valence-electron chi connectivity index (χ0n) is 13.6. The second-order valence-electron chi connectivity index (χ2n) is 5.79. The van der Waals surface area contributed by atoms with E-state index < -0.39 is 6.04 Å². The molecule has 0 amide bonds. The Bertz CT molecular complexity index is 687. The smallest absolute Gasteiger partial charge is 0.154 e. The molecule has 0 fully saturated rings. The van der Waals surface area contributed by atoms with Gasteiger partial charge >= 0.3 is 0 Å². The van der Waals surface area contributed by atoms with Crippen LogP contribution in [0.3, 0.4) is 0 Å². The van der Waals surface area contributed by atoms with Crippen LogP contribution in [0, 0.1) is 0 Å². The summed E-state index contributed by atoms with van der Waals surface area (Å²) in [4.78, 5) is 12.2. The van der Waals surface area contributed by atoms with Crippen LogP contribution in [0.25, 0.3) is 11.1 Å².